The van der Waals surface area contributed by atoms with Gasteiger partial charge in [0.1, 0.15) is 0 Å². The van der Waals surface area contributed by atoms with Gasteiger partial charge in [-0.2, -0.15) is 0 Å². The standard InChI is InChI=1S/3C6H5.CHS.Pb/c3*1-2-4-6-5-3-1;1-2;/h3*1-5H;1H;. The van der Waals surface area contributed by atoms with E-state index in [1.165, 1.54) is 9.37 Å². The molecule has 0 amide bonds. The van der Waals surface area contributed by atoms with Crippen LogP contribution in [0.15, 0.2) is 91.0 Å². The SMILES string of the molecule is S=[CH][Pb]([c]1ccccc1)([c]1ccccc1)[c]1ccccc1. The zero-order valence-electron chi connectivity index (χ0n) is 11.6. The molecule has 3 aromatic carbocycles. The molecule has 0 heterocycles. The van der Waals surface area contributed by atoms with E-state index in [0.29, 0.717) is 0 Å². The Bertz CT molecular complexity index is 612. The van der Waals surface area contributed by atoms with Crippen molar-refractivity contribution in [2.75, 3.05) is 0 Å². The first kappa shape index (κ1) is 14.6. The van der Waals surface area contributed by atoms with Gasteiger partial charge in [0.2, 0.25) is 0 Å². The van der Waals surface area contributed by atoms with Gasteiger partial charge in [-0.05, 0) is 0 Å². The quantitative estimate of drug-likeness (QED) is 0.406. The number of thiocarbonyl (C=S) groups is 1. The molecule has 0 aliphatic heterocycles. The Labute approximate surface area is 136 Å². The van der Waals surface area contributed by atoms with Crippen molar-refractivity contribution in [3.8, 4) is 0 Å². The van der Waals surface area contributed by atoms with Gasteiger partial charge in [0.25, 0.3) is 0 Å². The first-order valence-corrected chi connectivity index (χ1v) is 15.6. The van der Waals surface area contributed by atoms with Crippen LogP contribution in [0.5, 0.6) is 0 Å². The molecule has 0 spiro atoms. The van der Waals surface area contributed by atoms with Crippen LogP contribution in [0.2, 0.25) is 0 Å². The molecule has 3 rings (SSSR count). The first-order chi connectivity index (χ1) is 10.4. The van der Waals surface area contributed by atoms with E-state index in [1.54, 1.807) is 0 Å². The van der Waals surface area contributed by atoms with Crippen molar-refractivity contribution in [3.63, 3.8) is 0 Å². The number of hydrogen-bond donors (Lipinski definition) is 0. The molecule has 0 N–H and O–H groups in total. The van der Waals surface area contributed by atoms with Gasteiger partial charge in [-0.15, -0.1) is 0 Å². The summed E-state index contributed by atoms with van der Waals surface area (Å²) in [5.74, 6) is 0. The second-order valence-electron chi connectivity index (χ2n) is 5.02. The zero-order valence-corrected chi connectivity index (χ0v) is 16.3. The topological polar surface area (TPSA) is 0 Å². The van der Waals surface area contributed by atoms with Gasteiger partial charge in [0, 0.05) is 0 Å². The van der Waals surface area contributed by atoms with Crippen LogP contribution in [0, 0.1) is 0 Å². The van der Waals surface area contributed by atoms with Gasteiger partial charge < -0.3 is 0 Å². The third-order valence-corrected chi connectivity index (χ3v) is 22.8. The summed E-state index contributed by atoms with van der Waals surface area (Å²) in [6.45, 7) is 0. The summed E-state index contributed by atoms with van der Waals surface area (Å²) >= 11 is 2.31. The molecular formula is C19H16PbS. The van der Waals surface area contributed by atoms with Gasteiger partial charge in [-0.1, -0.05) is 0 Å². The normalized spacial score (nSPS) is 11.0. The zero-order chi connectivity index (χ0) is 14.5. The number of benzene rings is 3. The molecule has 0 fully saturated rings. The second-order valence-corrected chi connectivity index (χ2v) is 21.0. The minimum atomic E-state index is -3.30. The Morgan fingerprint density at radius 2 is 0.810 bits per heavy atom. The fourth-order valence-electron chi connectivity index (χ4n) is 2.81. The molecule has 0 aliphatic rings. The summed E-state index contributed by atoms with van der Waals surface area (Å²) in [5, 5.41) is 0. The molecule has 0 unspecified atom stereocenters. The molecule has 0 saturated carbocycles. The Hall–Kier alpha value is -1.33. The van der Waals surface area contributed by atoms with Crippen LogP contribution in [0.3, 0.4) is 0 Å². The number of hydrogen-bond acceptors (Lipinski definition) is 1. The van der Waals surface area contributed by atoms with Crippen molar-refractivity contribution in [2.45, 2.75) is 0 Å². The summed E-state index contributed by atoms with van der Waals surface area (Å²) in [4.78, 5) is 0. The van der Waals surface area contributed by atoms with E-state index in [2.05, 4.69) is 93.9 Å². The molecule has 21 heavy (non-hydrogen) atoms. The van der Waals surface area contributed by atoms with E-state index >= 15 is 0 Å². The molecule has 3 aromatic rings. The van der Waals surface area contributed by atoms with Gasteiger partial charge >= 0.3 is 137 Å². The van der Waals surface area contributed by atoms with Crippen LogP contribution in [0.4, 0.5) is 0 Å². The Kier molecular flexibility index (Phi) is 4.61. The molecule has 102 valence electrons. The third kappa shape index (κ3) is 2.72. The number of rotatable bonds is 4. The van der Waals surface area contributed by atoms with Crippen molar-refractivity contribution >= 4 is 45.7 Å². The molecule has 0 aliphatic carbocycles. The summed E-state index contributed by atoms with van der Waals surface area (Å²) in [5.41, 5.74) is 0. The molecule has 2 heteroatoms. The maximum atomic E-state index is 5.61. The van der Waals surface area contributed by atoms with Crippen LogP contribution in [-0.4, -0.2) is 24.1 Å². The monoisotopic (exact) mass is 484 g/mol. The predicted octanol–water partition coefficient (Wildman–Crippen LogP) is 2.70. The summed E-state index contributed by atoms with van der Waals surface area (Å²) < 4.78 is 6.35. The van der Waals surface area contributed by atoms with Crippen LogP contribution >= 0.6 is 12.2 Å². The summed E-state index contributed by atoms with van der Waals surface area (Å²) in [7, 11) is 0. The van der Waals surface area contributed by atoms with Crippen molar-refractivity contribution < 1.29 is 0 Å². The molecule has 0 radical (unpaired) electrons. The molecule has 0 saturated heterocycles. The van der Waals surface area contributed by atoms with E-state index in [1.807, 2.05) is 0 Å². The van der Waals surface area contributed by atoms with Gasteiger partial charge in [0.05, 0.1) is 0 Å². The third-order valence-electron chi connectivity index (χ3n) is 3.86. The first-order valence-electron chi connectivity index (χ1n) is 7.01. The summed E-state index contributed by atoms with van der Waals surface area (Å²) in [6, 6.07) is 32.4. The van der Waals surface area contributed by atoms with E-state index in [0.717, 1.165) is 0 Å². The van der Waals surface area contributed by atoms with Crippen molar-refractivity contribution in [1.29, 1.82) is 0 Å². The predicted molar refractivity (Wildman–Crippen MR) is 97.6 cm³/mol. The molecular weight excluding hydrogens is 467 g/mol. The van der Waals surface area contributed by atoms with E-state index < -0.39 is 21.2 Å². The fraction of sp³-hybridized carbons (Fsp3) is 0. The maximum absolute atomic E-state index is 5.61. The van der Waals surface area contributed by atoms with Crippen molar-refractivity contribution in [1.82, 2.24) is 0 Å². The van der Waals surface area contributed by atoms with Gasteiger partial charge in [-0.25, -0.2) is 0 Å². The van der Waals surface area contributed by atoms with Crippen molar-refractivity contribution in [2.24, 2.45) is 0 Å². The minimum absolute atomic E-state index is 1.41. The van der Waals surface area contributed by atoms with E-state index in [-0.39, 0.29) is 0 Å². The average molecular weight is 484 g/mol. The molecule has 0 nitrogen and oxygen atoms in total. The van der Waals surface area contributed by atoms with E-state index in [4.69, 9.17) is 12.2 Å². The van der Waals surface area contributed by atoms with Crippen LogP contribution in [0.25, 0.3) is 0 Å². The Balaban J connectivity index is 2.31. The molecule has 0 bridgehead atoms. The van der Waals surface area contributed by atoms with Crippen LogP contribution < -0.4 is 9.37 Å². The second kappa shape index (κ2) is 6.62. The summed E-state index contributed by atoms with van der Waals surface area (Å²) in [6.07, 6.45) is 0. The Morgan fingerprint density at radius 1 is 0.524 bits per heavy atom. The average Bonchev–Trinajstić information content (AvgIpc) is 2.59. The molecule has 0 aromatic heterocycles. The van der Waals surface area contributed by atoms with Gasteiger partial charge in [-0.3, -0.25) is 0 Å². The van der Waals surface area contributed by atoms with Crippen molar-refractivity contribution in [3.05, 3.63) is 91.0 Å². The fourth-order valence-corrected chi connectivity index (χ4v) is 20.2. The van der Waals surface area contributed by atoms with Crippen LogP contribution in [0.1, 0.15) is 0 Å². The molecule has 0 atom stereocenters. The van der Waals surface area contributed by atoms with E-state index in [9.17, 15) is 0 Å². The Morgan fingerprint density at radius 3 is 1.05 bits per heavy atom. The van der Waals surface area contributed by atoms with Gasteiger partial charge in [0.15, 0.2) is 0 Å². The van der Waals surface area contributed by atoms with Crippen LogP contribution in [-0.2, 0) is 0 Å².